The molecule has 0 spiro atoms. The molecule has 0 unspecified atom stereocenters. The summed E-state index contributed by atoms with van der Waals surface area (Å²) in [6.07, 6.45) is 3.44. The molecule has 0 bridgehead atoms. The van der Waals surface area contributed by atoms with Gasteiger partial charge in [0.05, 0.1) is 22.7 Å². The van der Waals surface area contributed by atoms with Gasteiger partial charge in [0.1, 0.15) is 5.69 Å². The van der Waals surface area contributed by atoms with Crippen LogP contribution in [-0.2, 0) is 6.67 Å². The number of carbonyl (C=O) groups excluding carboxylic acids is 1. The first-order chi connectivity index (χ1) is 18.4. The first-order valence-corrected chi connectivity index (χ1v) is 12.5. The van der Waals surface area contributed by atoms with Gasteiger partial charge in [0, 0.05) is 17.1 Å². The van der Waals surface area contributed by atoms with Crippen LogP contribution in [0.2, 0.25) is 0 Å². The van der Waals surface area contributed by atoms with E-state index in [1.807, 2.05) is 55.5 Å². The Hall–Kier alpha value is -4.57. The molecule has 0 atom stereocenters. The Morgan fingerprint density at radius 1 is 1.05 bits per heavy atom. The smallest absolute Gasteiger partial charge is 0.295 e. The van der Waals surface area contributed by atoms with Gasteiger partial charge in [0.25, 0.3) is 11.6 Å². The molecule has 10 heteroatoms. The van der Waals surface area contributed by atoms with E-state index in [0.717, 1.165) is 37.0 Å². The van der Waals surface area contributed by atoms with Crippen LogP contribution in [0.25, 0.3) is 10.9 Å². The Labute approximate surface area is 219 Å². The van der Waals surface area contributed by atoms with Crippen LogP contribution in [0, 0.1) is 17.0 Å². The minimum atomic E-state index is -0.748. The average molecular weight is 513 g/mol. The van der Waals surface area contributed by atoms with Crippen molar-refractivity contribution < 1.29 is 14.8 Å². The summed E-state index contributed by atoms with van der Waals surface area (Å²) in [5, 5.41) is 34.4. The number of nitrogens with one attached hydrogen (secondary N) is 1. The molecule has 38 heavy (non-hydrogen) atoms. The maximum Gasteiger partial charge on any atom is 0.295 e. The number of likely N-dealkylation sites (tertiary alicyclic amines) is 1. The van der Waals surface area contributed by atoms with Crippen molar-refractivity contribution in [1.29, 1.82) is 0 Å². The third kappa shape index (κ3) is 5.25. The van der Waals surface area contributed by atoms with E-state index in [1.165, 1.54) is 24.6 Å². The van der Waals surface area contributed by atoms with Gasteiger partial charge in [0.2, 0.25) is 5.88 Å². The first kappa shape index (κ1) is 25.1. The standard InChI is InChI=1S/C28H28N6O4/c1-19-9-12-21(13-10-19)29-23-14-11-20(17-25(23)34(37)38)27(35)31-30-26-22-7-3-4-8-24(22)33(28(26)36)18-32-15-5-2-6-16-32/h3-4,7-14,17,29,36H,2,5-6,15-16,18H2,1H3. The van der Waals surface area contributed by atoms with Crippen LogP contribution in [0.5, 0.6) is 5.88 Å². The van der Waals surface area contributed by atoms with Gasteiger partial charge >= 0.3 is 0 Å². The lowest BCUT2D eigenvalue weighted by Gasteiger charge is -2.27. The number of hydrogen-bond donors (Lipinski definition) is 2. The summed E-state index contributed by atoms with van der Waals surface area (Å²) in [6.45, 7) is 4.37. The van der Waals surface area contributed by atoms with Gasteiger partial charge in [0.15, 0.2) is 5.69 Å². The number of benzene rings is 3. The summed E-state index contributed by atoms with van der Waals surface area (Å²) in [5.41, 5.74) is 2.76. The van der Waals surface area contributed by atoms with E-state index >= 15 is 0 Å². The number of aryl methyl sites for hydroxylation is 1. The SMILES string of the molecule is Cc1ccc(Nc2ccc(C(=O)N=Nc3c(O)n(CN4CCCCC4)c4ccccc34)cc2[N+](=O)[O-])cc1. The number of fused-ring (bicyclic) bond motifs is 1. The van der Waals surface area contributed by atoms with E-state index in [-0.39, 0.29) is 28.5 Å². The fourth-order valence-corrected chi connectivity index (χ4v) is 4.68. The van der Waals surface area contributed by atoms with Crippen molar-refractivity contribution >= 4 is 39.6 Å². The molecule has 194 valence electrons. The molecule has 0 saturated carbocycles. The van der Waals surface area contributed by atoms with Crippen molar-refractivity contribution in [2.24, 2.45) is 10.2 Å². The van der Waals surface area contributed by atoms with Crippen molar-refractivity contribution in [3.05, 3.63) is 88.0 Å². The molecule has 1 aliphatic rings. The summed E-state index contributed by atoms with van der Waals surface area (Å²) in [5.74, 6) is -0.820. The molecule has 10 nitrogen and oxygen atoms in total. The quantitative estimate of drug-likeness (QED) is 0.162. The largest absolute Gasteiger partial charge is 0.493 e. The lowest BCUT2D eigenvalue weighted by molar-refractivity contribution is -0.383. The first-order valence-electron chi connectivity index (χ1n) is 12.5. The number of nitro benzene ring substituents is 1. The summed E-state index contributed by atoms with van der Waals surface area (Å²) in [7, 11) is 0. The van der Waals surface area contributed by atoms with E-state index in [9.17, 15) is 20.0 Å². The zero-order valence-corrected chi connectivity index (χ0v) is 21.0. The van der Waals surface area contributed by atoms with Gasteiger partial charge in [-0.15, -0.1) is 10.2 Å². The minimum absolute atomic E-state index is 0.0199. The molecule has 5 rings (SSSR count). The van der Waals surface area contributed by atoms with E-state index in [4.69, 9.17) is 0 Å². The van der Waals surface area contributed by atoms with Crippen molar-refractivity contribution in [3.8, 4) is 5.88 Å². The summed E-state index contributed by atoms with van der Waals surface area (Å²) < 4.78 is 1.77. The Balaban J connectivity index is 1.41. The second-order valence-electron chi connectivity index (χ2n) is 9.42. The minimum Gasteiger partial charge on any atom is -0.493 e. The lowest BCUT2D eigenvalue weighted by Crippen LogP contribution is -2.31. The maximum absolute atomic E-state index is 12.9. The van der Waals surface area contributed by atoms with Crippen molar-refractivity contribution in [1.82, 2.24) is 9.47 Å². The number of hydrogen-bond acceptors (Lipinski definition) is 7. The molecule has 1 fully saturated rings. The van der Waals surface area contributed by atoms with Crippen LogP contribution in [-0.4, -0.2) is 38.5 Å². The van der Waals surface area contributed by atoms with E-state index in [1.54, 1.807) is 4.57 Å². The predicted molar refractivity (Wildman–Crippen MR) is 145 cm³/mol. The van der Waals surface area contributed by atoms with E-state index < -0.39 is 10.8 Å². The molecule has 0 radical (unpaired) electrons. The van der Waals surface area contributed by atoms with Crippen LogP contribution in [0.15, 0.2) is 77.0 Å². The van der Waals surface area contributed by atoms with Gasteiger partial charge in [-0.2, -0.15) is 0 Å². The highest BCUT2D eigenvalue weighted by atomic mass is 16.6. The third-order valence-electron chi connectivity index (χ3n) is 6.72. The molecular formula is C28H28N6O4. The fourth-order valence-electron chi connectivity index (χ4n) is 4.68. The van der Waals surface area contributed by atoms with Gasteiger partial charge in [-0.3, -0.25) is 24.4 Å². The van der Waals surface area contributed by atoms with E-state index in [0.29, 0.717) is 17.7 Å². The highest BCUT2D eigenvalue weighted by Crippen LogP contribution is 2.39. The van der Waals surface area contributed by atoms with Gasteiger partial charge in [-0.05, 0) is 63.2 Å². The van der Waals surface area contributed by atoms with Crippen LogP contribution in [0.1, 0.15) is 35.2 Å². The highest BCUT2D eigenvalue weighted by molar-refractivity contribution is 5.98. The molecule has 3 aromatic carbocycles. The Morgan fingerprint density at radius 3 is 2.53 bits per heavy atom. The summed E-state index contributed by atoms with van der Waals surface area (Å²) in [6, 6.07) is 19.0. The highest BCUT2D eigenvalue weighted by Gasteiger charge is 2.21. The second-order valence-corrected chi connectivity index (χ2v) is 9.42. The lowest BCUT2D eigenvalue weighted by atomic mass is 10.1. The number of amides is 1. The molecule has 1 amide bonds. The molecule has 4 aromatic rings. The summed E-state index contributed by atoms with van der Waals surface area (Å²) >= 11 is 0. The van der Waals surface area contributed by atoms with E-state index in [2.05, 4.69) is 20.4 Å². The Bertz CT molecular complexity index is 1520. The number of rotatable bonds is 7. The zero-order valence-electron chi connectivity index (χ0n) is 21.0. The predicted octanol–water partition coefficient (Wildman–Crippen LogP) is 6.67. The number of azo groups is 1. The van der Waals surface area contributed by atoms with Crippen LogP contribution in [0.3, 0.4) is 0 Å². The topological polar surface area (TPSA) is 125 Å². The van der Waals surface area contributed by atoms with Gasteiger partial charge in [-0.25, -0.2) is 0 Å². The number of piperidine rings is 1. The molecule has 1 saturated heterocycles. The average Bonchev–Trinajstić information content (AvgIpc) is 3.19. The van der Waals surface area contributed by atoms with Crippen molar-refractivity contribution in [3.63, 3.8) is 0 Å². The monoisotopic (exact) mass is 512 g/mol. The number of carbonyl (C=O) groups is 1. The number of aromatic hydroxyl groups is 1. The Kier molecular flexibility index (Phi) is 7.14. The fraction of sp³-hybridized carbons (Fsp3) is 0.250. The number of aromatic nitrogens is 1. The molecule has 1 aliphatic heterocycles. The molecule has 2 N–H and O–H groups in total. The number of para-hydroxylation sites is 1. The number of anilines is 2. The normalized spacial score (nSPS) is 14.2. The second kappa shape index (κ2) is 10.8. The van der Waals surface area contributed by atoms with Crippen LogP contribution in [0.4, 0.5) is 22.7 Å². The van der Waals surface area contributed by atoms with Gasteiger partial charge in [-0.1, -0.05) is 42.3 Å². The zero-order chi connectivity index (χ0) is 26.6. The molecule has 1 aromatic heterocycles. The maximum atomic E-state index is 12.9. The van der Waals surface area contributed by atoms with Crippen molar-refractivity contribution in [2.75, 3.05) is 18.4 Å². The number of nitro groups is 1. The third-order valence-corrected chi connectivity index (χ3v) is 6.72. The van der Waals surface area contributed by atoms with Gasteiger partial charge < -0.3 is 10.4 Å². The Morgan fingerprint density at radius 2 is 1.79 bits per heavy atom. The molecule has 0 aliphatic carbocycles. The van der Waals surface area contributed by atoms with Crippen LogP contribution < -0.4 is 5.32 Å². The van der Waals surface area contributed by atoms with Crippen LogP contribution >= 0.6 is 0 Å². The molecule has 2 heterocycles. The van der Waals surface area contributed by atoms with Crippen molar-refractivity contribution in [2.45, 2.75) is 32.9 Å². The number of nitrogens with zero attached hydrogens (tertiary/aromatic N) is 5. The summed E-state index contributed by atoms with van der Waals surface area (Å²) in [4.78, 5) is 26.3. The molecular weight excluding hydrogens is 484 g/mol.